The number of para-hydroxylation sites is 2. The second kappa shape index (κ2) is 6.69. The highest BCUT2D eigenvalue weighted by molar-refractivity contribution is 5.58. The lowest BCUT2D eigenvalue weighted by molar-refractivity contribution is 0.453. The van der Waals surface area contributed by atoms with Gasteiger partial charge in [0.05, 0.1) is 0 Å². The summed E-state index contributed by atoms with van der Waals surface area (Å²) in [6.45, 7) is 0. The fraction of sp³-hybridized carbons (Fsp3) is 0.0833. The summed E-state index contributed by atoms with van der Waals surface area (Å²) in [5.41, 5.74) is 5.64. The zero-order valence-corrected chi connectivity index (χ0v) is 14.7. The van der Waals surface area contributed by atoms with Crippen LogP contribution in [-0.2, 0) is 6.42 Å². The Morgan fingerprint density at radius 2 is 1.33 bits per heavy atom. The molecule has 130 valence electrons. The quantitative estimate of drug-likeness (QED) is 0.440. The summed E-state index contributed by atoms with van der Waals surface area (Å²) in [7, 11) is 0. The van der Waals surface area contributed by atoms with Crippen molar-refractivity contribution in [2.75, 3.05) is 0 Å². The Balaban J connectivity index is 1.60. The van der Waals surface area contributed by atoms with Crippen LogP contribution in [0.15, 0.2) is 91.3 Å². The zero-order chi connectivity index (χ0) is 18.1. The summed E-state index contributed by atoms with van der Waals surface area (Å²) < 4.78 is 6.13. The van der Waals surface area contributed by atoms with Crippen LogP contribution < -0.4 is 4.74 Å². The van der Waals surface area contributed by atoms with Gasteiger partial charge in [-0.2, -0.15) is 0 Å². The molecule has 0 atom stereocenters. The van der Waals surface area contributed by atoms with Gasteiger partial charge in [-0.15, -0.1) is 0 Å². The summed E-state index contributed by atoms with van der Waals surface area (Å²) >= 11 is 0. The predicted molar refractivity (Wildman–Crippen MR) is 105 cm³/mol. The van der Waals surface area contributed by atoms with E-state index in [-0.39, 0.29) is 5.92 Å². The van der Waals surface area contributed by atoms with E-state index in [1.165, 1.54) is 16.7 Å². The van der Waals surface area contributed by atoms with Crippen LogP contribution in [0.25, 0.3) is 0 Å². The highest BCUT2D eigenvalue weighted by atomic mass is 16.5. The van der Waals surface area contributed by atoms with E-state index in [1.54, 1.807) is 0 Å². The number of benzene rings is 2. The van der Waals surface area contributed by atoms with Crippen molar-refractivity contribution in [3.8, 4) is 11.5 Å². The molecule has 0 amide bonds. The van der Waals surface area contributed by atoms with Gasteiger partial charge >= 0.3 is 0 Å². The summed E-state index contributed by atoms with van der Waals surface area (Å²) in [5, 5.41) is 0. The van der Waals surface area contributed by atoms with Crippen LogP contribution in [-0.4, -0.2) is 9.97 Å². The van der Waals surface area contributed by atoms with Crippen LogP contribution in [0.4, 0.5) is 0 Å². The molecule has 4 aromatic rings. The van der Waals surface area contributed by atoms with E-state index in [0.717, 1.165) is 29.3 Å². The van der Waals surface area contributed by atoms with E-state index in [9.17, 15) is 0 Å². The van der Waals surface area contributed by atoms with Crippen molar-refractivity contribution in [1.29, 1.82) is 0 Å². The normalized spacial score (nSPS) is 12.7. The van der Waals surface area contributed by atoms with Crippen LogP contribution in [0.5, 0.6) is 11.5 Å². The van der Waals surface area contributed by atoms with Gasteiger partial charge in [-0.05, 0) is 42.0 Å². The molecular weight excluding hydrogens is 332 g/mol. The number of rotatable bonds is 3. The molecule has 3 heteroatoms. The molecule has 0 fully saturated rings. The van der Waals surface area contributed by atoms with E-state index >= 15 is 0 Å². The third-order valence-corrected chi connectivity index (χ3v) is 4.94. The van der Waals surface area contributed by atoms with Gasteiger partial charge < -0.3 is 4.74 Å². The Labute approximate surface area is 158 Å². The zero-order valence-electron chi connectivity index (χ0n) is 14.7. The van der Waals surface area contributed by atoms with Gasteiger partial charge in [0.25, 0.3) is 0 Å². The van der Waals surface area contributed by atoms with Crippen molar-refractivity contribution in [1.82, 2.24) is 9.97 Å². The molecule has 1 aliphatic rings. The smallest absolute Gasteiger partial charge is 0.131 e. The Morgan fingerprint density at radius 1 is 0.667 bits per heavy atom. The first-order chi connectivity index (χ1) is 13.4. The van der Waals surface area contributed by atoms with E-state index in [2.05, 4.69) is 46.4 Å². The number of aromatic nitrogens is 2. The second-order valence-electron chi connectivity index (χ2n) is 6.69. The molecule has 2 aromatic heterocycles. The van der Waals surface area contributed by atoms with E-state index in [4.69, 9.17) is 4.74 Å². The summed E-state index contributed by atoms with van der Waals surface area (Å²) in [5.74, 6) is 1.98. The van der Waals surface area contributed by atoms with E-state index in [0.29, 0.717) is 0 Å². The summed E-state index contributed by atoms with van der Waals surface area (Å²) in [6, 6.07) is 26.8. The van der Waals surface area contributed by atoms with Crippen molar-refractivity contribution in [3.63, 3.8) is 0 Å². The van der Waals surface area contributed by atoms with Crippen molar-refractivity contribution >= 4 is 0 Å². The largest absolute Gasteiger partial charge is 0.457 e. The lowest BCUT2D eigenvalue weighted by atomic mass is 9.82. The van der Waals surface area contributed by atoms with Crippen molar-refractivity contribution in [2.24, 2.45) is 0 Å². The molecule has 0 bridgehead atoms. The number of fused-ring (bicyclic) bond motifs is 2. The van der Waals surface area contributed by atoms with Crippen LogP contribution in [0.3, 0.4) is 0 Å². The average molecular weight is 350 g/mol. The minimum atomic E-state index is 0.136. The molecule has 3 nitrogen and oxygen atoms in total. The highest BCUT2D eigenvalue weighted by Crippen LogP contribution is 2.46. The van der Waals surface area contributed by atoms with E-state index in [1.807, 2.05) is 54.9 Å². The van der Waals surface area contributed by atoms with Crippen molar-refractivity contribution < 1.29 is 4.74 Å². The SMILES string of the molecule is c1ccc(Cc2cc(C3c4ccccc4Oc4ccccc43)ccn2)nc1. The van der Waals surface area contributed by atoms with E-state index < -0.39 is 0 Å². The van der Waals surface area contributed by atoms with Crippen molar-refractivity contribution in [3.05, 3.63) is 119 Å². The lowest BCUT2D eigenvalue weighted by Crippen LogP contribution is -2.12. The highest BCUT2D eigenvalue weighted by Gasteiger charge is 2.28. The van der Waals surface area contributed by atoms with Gasteiger partial charge in [0, 0.05) is 47.2 Å². The molecule has 2 aromatic carbocycles. The van der Waals surface area contributed by atoms with Crippen LogP contribution in [0, 0.1) is 0 Å². The van der Waals surface area contributed by atoms with Crippen LogP contribution in [0.1, 0.15) is 34.0 Å². The fourth-order valence-corrected chi connectivity index (χ4v) is 3.73. The Hall–Kier alpha value is -3.46. The van der Waals surface area contributed by atoms with Crippen LogP contribution >= 0.6 is 0 Å². The van der Waals surface area contributed by atoms with Gasteiger partial charge in [-0.1, -0.05) is 42.5 Å². The summed E-state index contributed by atoms with van der Waals surface area (Å²) in [6.07, 6.45) is 4.44. The molecule has 0 N–H and O–H groups in total. The second-order valence-corrected chi connectivity index (χ2v) is 6.69. The minimum Gasteiger partial charge on any atom is -0.457 e. The molecule has 5 rings (SSSR count). The molecule has 27 heavy (non-hydrogen) atoms. The Kier molecular flexibility index (Phi) is 3.91. The standard InChI is InChI=1S/C24H18N2O/c1-3-10-22-20(8-1)24(21-9-2-4-11-23(21)27-22)17-12-14-26-19(15-17)16-18-7-5-6-13-25-18/h1-15,24H,16H2. The number of nitrogens with zero attached hydrogens (tertiary/aromatic N) is 2. The molecular formula is C24H18N2O. The minimum absolute atomic E-state index is 0.136. The van der Waals surface area contributed by atoms with Gasteiger partial charge in [0.1, 0.15) is 11.5 Å². The Bertz CT molecular complexity index is 1050. The Morgan fingerprint density at radius 3 is 2.04 bits per heavy atom. The average Bonchev–Trinajstić information content (AvgIpc) is 2.73. The molecule has 3 heterocycles. The molecule has 1 aliphatic heterocycles. The van der Waals surface area contributed by atoms with Gasteiger partial charge in [0.2, 0.25) is 0 Å². The number of pyridine rings is 2. The molecule has 0 unspecified atom stereocenters. The third kappa shape index (κ3) is 2.97. The first kappa shape index (κ1) is 15.8. The van der Waals surface area contributed by atoms with Gasteiger partial charge in [-0.3, -0.25) is 9.97 Å². The fourth-order valence-electron chi connectivity index (χ4n) is 3.73. The first-order valence-electron chi connectivity index (χ1n) is 9.09. The number of ether oxygens (including phenoxy) is 1. The molecule has 0 radical (unpaired) electrons. The topological polar surface area (TPSA) is 35.0 Å². The maximum atomic E-state index is 6.13. The molecule has 0 saturated heterocycles. The van der Waals surface area contributed by atoms with Gasteiger partial charge in [-0.25, -0.2) is 0 Å². The number of hydrogen-bond donors (Lipinski definition) is 0. The maximum Gasteiger partial charge on any atom is 0.131 e. The number of hydrogen-bond acceptors (Lipinski definition) is 3. The predicted octanol–water partition coefficient (Wildman–Crippen LogP) is 5.35. The third-order valence-electron chi connectivity index (χ3n) is 4.94. The van der Waals surface area contributed by atoms with Crippen molar-refractivity contribution in [2.45, 2.75) is 12.3 Å². The lowest BCUT2D eigenvalue weighted by Gasteiger charge is -2.28. The molecule has 0 saturated carbocycles. The maximum absolute atomic E-state index is 6.13. The molecule has 0 spiro atoms. The van der Waals surface area contributed by atoms with Crippen LogP contribution in [0.2, 0.25) is 0 Å². The molecule has 0 aliphatic carbocycles. The monoisotopic (exact) mass is 350 g/mol. The summed E-state index contributed by atoms with van der Waals surface area (Å²) in [4.78, 5) is 9.00. The first-order valence-corrected chi connectivity index (χ1v) is 9.09. The van der Waals surface area contributed by atoms with Gasteiger partial charge in [0.15, 0.2) is 0 Å².